The molecule has 0 bridgehead atoms. The van der Waals surface area contributed by atoms with E-state index in [1.807, 2.05) is 12.3 Å². The van der Waals surface area contributed by atoms with Gasteiger partial charge in [0.1, 0.15) is 10.7 Å². The Bertz CT molecular complexity index is 544. The van der Waals surface area contributed by atoms with Gasteiger partial charge in [0, 0.05) is 12.2 Å². The van der Waals surface area contributed by atoms with Crippen LogP contribution >= 0.6 is 15.9 Å². The molecule has 1 N–H and O–H groups in total. The molecule has 18 heavy (non-hydrogen) atoms. The molecular formula is C14H14BrN3. The highest BCUT2D eigenvalue weighted by Gasteiger charge is 2.30. The SMILES string of the molecule is N#Cc1cc(C2=CC[C@@H]3CCN[C@@H]3C2)cnc1Br. The van der Waals surface area contributed by atoms with E-state index in [1.54, 1.807) is 0 Å². The van der Waals surface area contributed by atoms with Gasteiger partial charge in [0.2, 0.25) is 0 Å². The van der Waals surface area contributed by atoms with Crippen molar-refractivity contribution in [2.24, 2.45) is 5.92 Å². The lowest BCUT2D eigenvalue weighted by molar-refractivity contribution is 0.445. The number of fused-ring (bicyclic) bond motifs is 1. The molecule has 1 aliphatic carbocycles. The maximum atomic E-state index is 9.04. The van der Waals surface area contributed by atoms with Crippen LogP contribution in [0.5, 0.6) is 0 Å². The topological polar surface area (TPSA) is 48.7 Å². The number of hydrogen-bond acceptors (Lipinski definition) is 3. The lowest BCUT2D eigenvalue weighted by atomic mass is 9.83. The summed E-state index contributed by atoms with van der Waals surface area (Å²) in [5.74, 6) is 0.799. The Kier molecular flexibility index (Phi) is 3.19. The summed E-state index contributed by atoms with van der Waals surface area (Å²) in [5, 5.41) is 12.6. The number of halogens is 1. The van der Waals surface area contributed by atoms with Crippen LogP contribution in [0.15, 0.2) is 22.9 Å². The first kappa shape index (κ1) is 11.9. The number of nitriles is 1. The van der Waals surface area contributed by atoms with Gasteiger partial charge >= 0.3 is 0 Å². The zero-order chi connectivity index (χ0) is 12.5. The highest BCUT2D eigenvalue weighted by atomic mass is 79.9. The van der Waals surface area contributed by atoms with Gasteiger partial charge in [0.25, 0.3) is 0 Å². The molecule has 0 aromatic carbocycles. The van der Waals surface area contributed by atoms with Gasteiger partial charge in [-0.1, -0.05) is 6.08 Å². The van der Waals surface area contributed by atoms with Gasteiger partial charge in [-0.05, 0) is 64.9 Å². The van der Waals surface area contributed by atoms with Crippen LogP contribution < -0.4 is 5.32 Å². The molecule has 1 saturated heterocycles. The van der Waals surface area contributed by atoms with Gasteiger partial charge in [-0.15, -0.1) is 0 Å². The summed E-state index contributed by atoms with van der Waals surface area (Å²) in [6, 6.07) is 4.71. The first-order valence-corrected chi connectivity index (χ1v) is 7.05. The Morgan fingerprint density at radius 2 is 2.39 bits per heavy atom. The molecule has 4 heteroatoms. The second-order valence-corrected chi connectivity index (χ2v) is 5.70. The lowest BCUT2D eigenvalue weighted by Crippen LogP contribution is -2.29. The summed E-state index contributed by atoms with van der Waals surface area (Å²) in [6.45, 7) is 1.14. The van der Waals surface area contributed by atoms with Crippen molar-refractivity contribution in [3.8, 4) is 6.07 Å². The summed E-state index contributed by atoms with van der Waals surface area (Å²) < 4.78 is 0.627. The largest absolute Gasteiger partial charge is 0.313 e. The summed E-state index contributed by atoms with van der Waals surface area (Å²) in [4.78, 5) is 4.24. The van der Waals surface area contributed by atoms with Crippen LogP contribution in [-0.2, 0) is 0 Å². The molecule has 92 valence electrons. The number of hydrogen-bond donors (Lipinski definition) is 1. The smallest absolute Gasteiger partial charge is 0.123 e. The average molecular weight is 304 g/mol. The number of aromatic nitrogens is 1. The van der Waals surface area contributed by atoms with E-state index in [1.165, 1.54) is 12.0 Å². The van der Waals surface area contributed by atoms with Crippen LogP contribution in [0.25, 0.3) is 5.57 Å². The molecule has 1 aliphatic heterocycles. The van der Waals surface area contributed by atoms with Crippen LogP contribution in [0, 0.1) is 17.2 Å². The van der Waals surface area contributed by atoms with Crippen molar-refractivity contribution in [3.05, 3.63) is 34.1 Å². The molecule has 0 unspecified atom stereocenters. The zero-order valence-electron chi connectivity index (χ0n) is 9.99. The molecule has 1 fully saturated rings. The molecule has 0 spiro atoms. The highest BCUT2D eigenvalue weighted by molar-refractivity contribution is 9.10. The van der Waals surface area contributed by atoms with Crippen molar-refractivity contribution in [2.75, 3.05) is 6.54 Å². The third-order valence-corrected chi connectivity index (χ3v) is 4.56. The molecule has 1 aromatic heterocycles. The summed E-state index contributed by atoms with van der Waals surface area (Å²) in [7, 11) is 0. The minimum absolute atomic E-state index is 0.606. The fraction of sp³-hybridized carbons (Fsp3) is 0.429. The van der Waals surface area contributed by atoms with E-state index in [9.17, 15) is 0 Å². The van der Waals surface area contributed by atoms with E-state index in [2.05, 4.69) is 38.4 Å². The minimum Gasteiger partial charge on any atom is -0.313 e. The Hall–Kier alpha value is -1.18. The van der Waals surface area contributed by atoms with Crippen molar-refractivity contribution < 1.29 is 0 Å². The van der Waals surface area contributed by atoms with Crippen LogP contribution in [0.1, 0.15) is 30.4 Å². The van der Waals surface area contributed by atoms with Crippen LogP contribution in [0.2, 0.25) is 0 Å². The second kappa shape index (κ2) is 4.83. The lowest BCUT2D eigenvalue weighted by Gasteiger charge is -2.25. The van der Waals surface area contributed by atoms with Gasteiger partial charge in [-0.3, -0.25) is 0 Å². The third kappa shape index (κ3) is 2.09. The molecular weight excluding hydrogens is 290 g/mol. The third-order valence-electron chi connectivity index (χ3n) is 3.93. The predicted molar refractivity (Wildman–Crippen MR) is 73.8 cm³/mol. The Morgan fingerprint density at radius 3 is 3.22 bits per heavy atom. The molecule has 1 aromatic rings. The quantitative estimate of drug-likeness (QED) is 0.812. The van der Waals surface area contributed by atoms with Crippen LogP contribution in [0.3, 0.4) is 0 Å². The first-order chi connectivity index (χ1) is 8.78. The maximum Gasteiger partial charge on any atom is 0.123 e. The average Bonchev–Trinajstić information content (AvgIpc) is 2.86. The van der Waals surface area contributed by atoms with Gasteiger partial charge in [-0.25, -0.2) is 4.98 Å². The van der Waals surface area contributed by atoms with Crippen molar-refractivity contribution in [1.29, 1.82) is 5.26 Å². The fourth-order valence-electron chi connectivity index (χ4n) is 2.89. The standard InChI is InChI=1S/C14H14BrN3/c15-14-11(7-16)5-12(8-18-14)10-2-1-9-3-4-17-13(9)6-10/h2,5,8-9,13,17H,1,3-4,6H2/t9-,13-/m1/s1. The van der Waals surface area contributed by atoms with E-state index in [0.29, 0.717) is 16.2 Å². The van der Waals surface area contributed by atoms with E-state index in [0.717, 1.165) is 30.9 Å². The number of allylic oxidation sites excluding steroid dienone is 1. The van der Waals surface area contributed by atoms with Crippen LogP contribution in [-0.4, -0.2) is 17.6 Å². The van der Waals surface area contributed by atoms with Crippen molar-refractivity contribution >= 4 is 21.5 Å². The van der Waals surface area contributed by atoms with Gasteiger partial charge in [0.15, 0.2) is 0 Å². The number of rotatable bonds is 1. The van der Waals surface area contributed by atoms with Crippen molar-refractivity contribution in [3.63, 3.8) is 0 Å². The molecule has 2 atom stereocenters. The molecule has 2 aliphatic rings. The van der Waals surface area contributed by atoms with Crippen LogP contribution in [0.4, 0.5) is 0 Å². The van der Waals surface area contributed by atoms with E-state index in [4.69, 9.17) is 5.26 Å². The Morgan fingerprint density at radius 1 is 1.50 bits per heavy atom. The number of pyridine rings is 1. The van der Waals surface area contributed by atoms with E-state index >= 15 is 0 Å². The number of nitrogens with one attached hydrogen (secondary N) is 1. The highest BCUT2D eigenvalue weighted by Crippen LogP contribution is 2.35. The van der Waals surface area contributed by atoms with Gasteiger partial charge < -0.3 is 5.32 Å². The Balaban J connectivity index is 1.89. The van der Waals surface area contributed by atoms with Crippen molar-refractivity contribution in [1.82, 2.24) is 10.3 Å². The van der Waals surface area contributed by atoms with Gasteiger partial charge in [-0.2, -0.15) is 5.26 Å². The summed E-state index contributed by atoms with van der Waals surface area (Å²) in [5.41, 5.74) is 3.01. The normalized spacial score (nSPS) is 26.3. The Labute approximate surface area is 115 Å². The van der Waals surface area contributed by atoms with E-state index in [-0.39, 0.29) is 0 Å². The second-order valence-electron chi connectivity index (χ2n) is 4.95. The molecule has 0 amide bonds. The predicted octanol–water partition coefficient (Wildman–Crippen LogP) is 2.87. The minimum atomic E-state index is 0.606. The molecule has 0 radical (unpaired) electrons. The first-order valence-electron chi connectivity index (χ1n) is 6.26. The van der Waals surface area contributed by atoms with Gasteiger partial charge in [0.05, 0.1) is 5.56 Å². The monoisotopic (exact) mass is 303 g/mol. The summed E-state index contributed by atoms with van der Waals surface area (Å²) >= 11 is 3.29. The fourth-order valence-corrected chi connectivity index (χ4v) is 3.20. The molecule has 0 saturated carbocycles. The molecule has 3 rings (SSSR count). The summed E-state index contributed by atoms with van der Waals surface area (Å²) in [6.07, 6.45) is 7.66. The zero-order valence-corrected chi connectivity index (χ0v) is 11.6. The maximum absolute atomic E-state index is 9.04. The molecule has 2 heterocycles. The molecule has 3 nitrogen and oxygen atoms in total. The number of nitrogens with zero attached hydrogens (tertiary/aromatic N) is 2. The van der Waals surface area contributed by atoms with Crippen molar-refractivity contribution in [2.45, 2.75) is 25.3 Å². The van der Waals surface area contributed by atoms with E-state index < -0.39 is 0 Å².